The average molecular weight is 307 g/mol. The number of hydrogen-bond donors (Lipinski definition) is 0. The smallest absolute Gasteiger partial charge is 0.236 e. The summed E-state index contributed by atoms with van der Waals surface area (Å²) in [5.74, 6) is -0.273. The minimum Gasteiger partial charge on any atom is -0.484 e. The second-order valence-corrected chi connectivity index (χ2v) is 5.31. The zero-order valence-corrected chi connectivity index (χ0v) is 11.9. The molecule has 0 bridgehead atoms. The first kappa shape index (κ1) is 13.8. The van der Waals surface area contributed by atoms with Crippen molar-refractivity contribution in [2.75, 3.05) is 0 Å². The molecule has 3 nitrogen and oxygen atoms in total. The van der Waals surface area contributed by atoms with Gasteiger partial charge in [-0.25, -0.2) is 13.8 Å². The third-order valence-electron chi connectivity index (χ3n) is 2.88. The van der Waals surface area contributed by atoms with Crippen LogP contribution in [0.3, 0.4) is 0 Å². The van der Waals surface area contributed by atoms with Crippen LogP contribution in [0.1, 0.15) is 11.5 Å². The molecule has 0 aliphatic heterocycles. The highest BCUT2D eigenvalue weighted by atomic mass is 32.1. The lowest BCUT2D eigenvalue weighted by Crippen LogP contribution is -1.99. The van der Waals surface area contributed by atoms with Crippen molar-refractivity contribution < 1.29 is 17.9 Å². The van der Waals surface area contributed by atoms with Crippen LogP contribution >= 0.6 is 11.3 Å². The molecule has 0 atom stereocenters. The molecule has 2 aromatic heterocycles. The third-order valence-corrected chi connectivity index (χ3v) is 3.74. The first-order valence-corrected chi connectivity index (χ1v) is 7.09. The Morgan fingerprint density at radius 2 is 2.14 bits per heavy atom. The van der Waals surface area contributed by atoms with Gasteiger partial charge in [-0.15, -0.1) is 11.3 Å². The van der Waals surface area contributed by atoms with E-state index in [1.807, 2.05) is 17.5 Å². The number of rotatable bonds is 4. The molecular formula is C15H11F2NO2S. The SMILES string of the molecule is Cc1oc(-c2cccs2)nc1COc1ccc(F)cc1F. The van der Waals surface area contributed by atoms with Crippen LogP contribution in [0.25, 0.3) is 10.8 Å². The van der Waals surface area contributed by atoms with E-state index in [1.165, 1.54) is 17.4 Å². The molecular weight excluding hydrogens is 296 g/mol. The Morgan fingerprint density at radius 1 is 1.29 bits per heavy atom. The van der Waals surface area contributed by atoms with Crippen molar-refractivity contribution in [2.45, 2.75) is 13.5 Å². The molecule has 0 unspecified atom stereocenters. The highest BCUT2D eigenvalue weighted by Crippen LogP contribution is 2.27. The molecule has 0 saturated heterocycles. The summed E-state index contributed by atoms with van der Waals surface area (Å²) in [7, 11) is 0. The van der Waals surface area contributed by atoms with Crippen LogP contribution in [-0.2, 0) is 6.61 Å². The van der Waals surface area contributed by atoms with Gasteiger partial charge >= 0.3 is 0 Å². The number of nitrogens with zero attached hydrogens (tertiary/aromatic N) is 1. The number of aromatic nitrogens is 1. The molecule has 0 aliphatic rings. The minimum atomic E-state index is -0.741. The Balaban J connectivity index is 1.76. The molecule has 0 amide bonds. The van der Waals surface area contributed by atoms with E-state index in [4.69, 9.17) is 9.15 Å². The monoisotopic (exact) mass is 307 g/mol. The maximum atomic E-state index is 13.5. The first-order valence-electron chi connectivity index (χ1n) is 6.21. The summed E-state index contributed by atoms with van der Waals surface area (Å²) in [6.07, 6.45) is 0. The molecule has 0 N–H and O–H groups in total. The molecule has 3 aromatic rings. The predicted octanol–water partition coefficient (Wildman–Crippen LogP) is 4.57. The second-order valence-electron chi connectivity index (χ2n) is 4.36. The molecule has 0 spiro atoms. The molecule has 0 fully saturated rings. The highest BCUT2D eigenvalue weighted by molar-refractivity contribution is 7.13. The Morgan fingerprint density at radius 3 is 2.86 bits per heavy atom. The zero-order valence-electron chi connectivity index (χ0n) is 11.1. The normalized spacial score (nSPS) is 10.8. The maximum Gasteiger partial charge on any atom is 0.236 e. The molecule has 108 valence electrons. The van der Waals surface area contributed by atoms with Crippen molar-refractivity contribution in [1.29, 1.82) is 0 Å². The standard InChI is InChI=1S/C15H11F2NO2S/c1-9-12(18-15(20-9)14-3-2-6-21-14)8-19-13-5-4-10(16)7-11(13)17/h2-7H,8H2,1H3. The molecule has 0 aliphatic carbocycles. The van der Waals surface area contributed by atoms with Crippen LogP contribution in [0.4, 0.5) is 8.78 Å². The van der Waals surface area contributed by atoms with Crippen molar-refractivity contribution in [3.63, 3.8) is 0 Å². The van der Waals surface area contributed by atoms with Crippen molar-refractivity contribution in [2.24, 2.45) is 0 Å². The van der Waals surface area contributed by atoms with Gasteiger partial charge in [0, 0.05) is 6.07 Å². The van der Waals surface area contributed by atoms with Crippen LogP contribution in [0.2, 0.25) is 0 Å². The number of thiophene rings is 1. The largest absolute Gasteiger partial charge is 0.484 e. The van der Waals surface area contributed by atoms with Crippen molar-refractivity contribution in [3.8, 4) is 16.5 Å². The molecule has 21 heavy (non-hydrogen) atoms. The van der Waals surface area contributed by atoms with Crippen LogP contribution in [0.5, 0.6) is 5.75 Å². The molecule has 0 saturated carbocycles. The van der Waals surface area contributed by atoms with Gasteiger partial charge < -0.3 is 9.15 Å². The molecule has 0 radical (unpaired) electrons. The van der Waals surface area contributed by atoms with E-state index < -0.39 is 11.6 Å². The summed E-state index contributed by atoms with van der Waals surface area (Å²) in [6, 6.07) is 6.98. The molecule has 3 rings (SSSR count). The van der Waals surface area contributed by atoms with Gasteiger partial charge in [0.1, 0.15) is 23.9 Å². The van der Waals surface area contributed by atoms with E-state index in [9.17, 15) is 8.78 Å². The summed E-state index contributed by atoms with van der Waals surface area (Å²) in [4.78, 5) is 5.25. The number of halogens is 2. The Kier molecular flexibility index (Phi) is 3.70. The Bertz CT molecular complexity index is 753. The van der Waals surface area contributed by atoms with Gasteiger partial charge in [-0.3, -0.25) is 0 Å². The van der Waals surface area contributed by atoms with Gasteiger partial charge in [0.25, 0.3) is 0 Å². The van der Waals surface area contributed by atoms with E-state index in [2.05, 4.69) is 4.98 Å². The quantitative estimate of drug-likeness (QED) is 0.708. The number of hydrogen-bond acceptors (Lipinski definition) is 4. The summed E-state index contributed by atoms with van der Waals surface area (Å²) < 4.78 is 37.2. The minimum absolute atomic E-state index is 0.0172. The van der Waals surface area contributed by atoms with Crippen LogP contribution in [-0.4, -0.2) is 4.98 Å². The summed E-state index contributed by atoms with van der Waals surface area (Å²) >= 11 is 1.52. The second kappa shape index (κ2) is 5.65. The Labute approximate surface area is 123 Å². The highest BCUT2D eigenvalue weighted by Gasteiger charge is 2.13. The van der Waals surface area contributed by atoms with E-state index in [0.717, 1.165) is 17.0 Å². The van der Waals surface area contributed by atoms with Crippen LogP contribution in [0, 0.1) is 18.6 Å². The maximum absolute atomic E-state index is 13.5. The summed E-state index contributed by atoms with van der Waals surface area (Å²) in [6.45, 7) is 1.83. The van der Waals surface area contributed by atoms with E-state index >= 15 is 0 Å². The fourth-order valence-corrected chi connectivity index (χ4v) is 2.45. The van der Waals surface area contributed by atoms with E-state index in [-0.39, 0.29) is 12.4 Å². The fraction of sp³-hybridized carbons (Fsp3) is 0.133. The lowest BCUT2D eigenvalue weighted by Gasteiger charge is -2.05. The number of oxazole rings is 1. The lowest BCUT2D eigenvalue weighted by atomic mass is 10.3. The zero-order chi connectivity index (χ0) is 14.8. The molecule has 2 heterocycles. The lowest BCUT2D eigenvalue weighted by molar-refractivity contribution is 0.283. The summed E-state index contributed by atoms with van der Waals surface area (Å²) in [5, 5.41) is 1.93. The van der Waals surface area contributed by atoms with Crippen molar-refractivity contribution >= 4 is 11.3 Å². The molecule has 1 aromatic carbocycles. The van der Waals surface area contributed by atoms with Gasteiger partial charge in [0.15, 0.2) is 11.6 Å². The third kappa shape index (κ3) is 2.95. The van der Waals surface area contributed by atoms with E-state index in [1.54, 1.807) is 6.92 Å². The van der Waals surface area contributed by atoms with E-state index in [0.29, 0.717) is 17.3 Å². The van der Waals surface area contributed by atoms with Gasteiger partial charge in [-0.05, 0) is 30.5 Å². The fourth-order valence-electron chi connectivity index (χ4n) is 1.81. The van der Waals surface area contributed by atoms with Crippen LogP contribution in [0.15, 0.2) is 40.1 Å². The topological polar surface area (TPSA) is 35.3 Å². The van der Waals surface area contributed by atoms with Gasteiger partial charge in [0.2, 0.25) is 5.89 Å². The first-order chi connectivity index (χ1) is 10.1. The predicted molar refractivity (Wildman–Crippen MR) is 75.2 cm³/mol. The number of benzene rings is 1. The van der Waals surface area contributed by atoms with Gasteiger partial charge in [-0.1, -0.05) is 6.07 Å². The average Bonchev–Trinajstić information content (AvgIpc) is 3.07. The summed E-state index contributed by atoms with van der Waals surface area (Å²) in [5.41, 5.74) is 0.585. The van der Waals surface area contributed by atoms with Gasteiger partial charge in [-0.2, -0.15) is 0 Å². The van der Waals surface area contributed by atoms with Crippen molar-refractivity contribution in [3.05, 3.63) is 58.8 Å². The van der Waals surface area contributed by atoms with Gasteiger partial charge in [0.05, 0.1) is 4.88 Å². The molecule has 6 heteroatoms. The Hall–Kier alpha value is -2.21. The van der Waals surface area contributed by atoms with Crippen molar-refractivity contribution in [1.82, 2.24) is 4.98 Å². The number of ether oxygens (including phenoxy) is 1. The number of aryl methyl sites for hydroxylation is 1. The van der Waals surface area contributed by atoms with Crippen LogP contribution < -0.4 is 4.74 Å².